The Bertz CT molecular complexity index is 1400. The van der Waals surface area contributed by atoms with Crippen molar-refractivity contribution in [1.82, 2.24) is 29.8 Å². The van der Waals surface area contributed by atoms with Gasteiger partial charge in [-0.05, 0) is 87.8 Å². The van der Waals surface area contributed by atoms with Crippen molar-refractivity contribution >= 4 is 51.6 Å². The number of likely N-dealkylation sites (N-methyl/N-ethyl adjacent to an activating group) is 1. The van der Waals surface area contributed by atoms with Crippen LogP contribution in [0.4, 0.5) is 20.3 Å². The maximum absolute atomic E-state index is 14.1. The van der Waals surface area contributed by atoms with Crippen LogP contribution in [-0.4, -0.2) is 120 Å². The highest BCUT2D eigenvalue weighted by atomic mass is 35.5. The van der Waals surface area contributed by atoms with E-state index in [4.69, 9.17) is 17.3 Å². The highest BCUT2D eigenvalue weighted by molar-refractivity contribution is 7.14. The van der Waals surface area contributed by atoms with Gasteiger partial charge < -0.3 is 30.7 Å². The summed E-state index contributed by atoms with van der Waals surface area (Å²) in [5, 5.41) is 9.47. The third kappa shape index (κ3) is 7.40. The first kappa shape index (κ1) is 32.9. The van der Waals surface area contributed by atoms with Crippen molar-refractivity contribution in [3.63, 3.8) is 0 Å². The molecule has 0 spiro atoms. The zero-order valence-corrected chi connectivity index (χ0v) is 28.5. The minimum absolute atomic E-state index is 0.0559. The van der Waals surface area contributed by atoms with Crippen molar-refractivity contribution < 1.29 is 14.4 Å². The van der Waals surface area contributed by atoms with E-state index >= 15 is 0 Å². The average Bonchev–Trinajstić information content (AvgIpc) is 3.40. The number of anilines is 2. The molecule has 1 atom stereocenters. The highest BCUT2D eigenvalue weighted by Gasteiger charge is 2.36. The van der Waals surface area contributed by atoms with Crippen molar-refractivity contribution in [2.45, 2.75) is 70.1 Å². The molecule has 0 radical (unpaired) electrons. The monoisotopic (exact) mass is 670 g/mol. The number of carbonyl (C=O) groups is 3. The molecule has 5 heterocycles. The third-order valence-electron chi connectivity index (χ3n) is 10.2. The topological polar surface area (TPSA) is 117 Å². The molecule has 1 aromatic heterocycles. The van der Waals surface area contributed by atoms with Crippen molar-refractivity contribution in [1.29, 1.82) is 0 Å². The number of nitrogens with two attached hydrogens (primary N) is 1. The molecule has 4 N–H and O–H groups in total. The van der Waals surface area contributed by atoms with Crippen molar-refractivity contribution in [3.05, 3.63) is 45.3 Å². The molecule has 11 nitrogen and oxygen atoms in total. The van der Waals surface area contributed by atoms with E-state index in [9.17, 15) is 14.4 Å². The molecule has 2 aromatic rings. The van der Waals surface area contributed by atoms with Crippen LogP contribution < -0.4 is 16.4 Å². The van der Waals surface area contributed by atoms with Crippen LogP contribution in [0.1, 0.15) is 48.8 Å². The Morgan fingerprint density at radius 3 is 2.48 bits per heavy atom. The Morgan fingerprint density at radius 2 is 1.74 bits per heavy atom. The van der Waals surface area contributed by atoms with E-state index in [2.05, 4.69) is 33.5 Å². The summed E-state index contributed by atoms with van der Waals surface area (Å²) in [6, 6.07) is 5.29. The van der Waals surface area contributed by atoms with Gasteiger partial charge in [0.25, 0.3) is 0 Å². The predicted molar refractivity (Wildman–Crippen MR) is 183 cm³/mol. The molecule has 250 valence electrons. The number of carbonyl (C=O) groups excluding carboxylic acids is 3. The molecule has 4 aliphatic heterocycles. The number of likely N-dealkylation sites (tertiary alicyclic amines) is 2. The summed E-state index contributed by atoms with van der Waals surface area (Å²) >= 11 is 7.96. The molecular weight excluding hydrogens is 624 g/mol. The van der Waals surface area contributed by atoms with E-state index in [-0.39, 0.29) is 24.0 Å². The molecule has 0 bridgehead atoms. The number of halogens is 1. The van der Waals surface area contributed by atoms with E-state index < -0.39 is 6.04 Å². The Labute approximate surface area is 281 Å². The second-order valence-corrected chi connectivity index (χ2v) is 14.6. The van der Waals surface area contributed by atoms with Crippen molar-refractivity contribution in [3.8, 4) is 0 Å². The molecule has 3 saturated heterocycles. The zero-order chi connectivity index (χ0) is 32.4. The number of nitrogen functional groups attached to an aromatic ring is 1. The lowest BCUT2D eigenvalue weighted by atomic mass is 9.98. The SMILES string of the molecule is Cc1cc(C[C@@H](NC(=O)N2CCC(N3Cc4ccsc4NC3=O)CC2)C(=O)N2CCC(N3CCCN(C)CC3)CC2)cc(Cl)c1N. The molecule has 0 saturated carbocycles. The summed E-state index contributed by atoms with van der Waals surface area (Å²) in [4.78, 5) is 51.1. The number of thiophene rings is 1. The summed E-state index contributed by atoms with van der Waals surface area (Å²) in [5.74, 6) is -0.0561. The Balaban J connectivity index is 1.09. The number of fused-ring (bicyclic) bond motifs is 1. The largest absolute Gasteiger partial charge is 0.397 e. The van der Waals surface area contributed by atoms with Crippen LogP contribution in [0.5, 0.6) is 0 Å². The fourth-order valence-electron chi connectivity index (χ4n) is 7.39. The molecular formula is C33H47ClN8O3S. The van der Waals surface area contributed by atoms with E-state index in [0.29, 0.717) is 68.7 Å². The number of nitrogens with zero attached hydrogens (tertiary/aromatic N) is 5. The summed E-state index contributed by atoms with van der Waals surface area (Å²) in [7, 11) is 2.18. The quantitative estimate of drug-likeness (QED) is 0.400. The number of amides is 5. The predicted octanol–water partition coefficient (Wildman–Crippen LogP) is 4.05. The summed E-state index contributed by atoms with van der Waals surface area (Å²) in [6.07, 6.45) is 4.75. The van der Waals surface area contributed by atoms with E-state index in [1.165, 1.54) is 6.42 Å². The van der Waals surface area contributed by atoms with Crippen LogP contribution in [0.25, 0.3) is 0 Å². The van der Waals surface area contributed by atoms with Gasteiger partial charge in [0.2, 0.25) is 5.91 Å². The van der Waals surface area contributed by atoms with Crippen LogP contribution in [0.15, 0.2) is 23.6 Å². The summed E-state index contributed by atoms with van der Waals surface area (Å²) < 4.78 is 0. The second kappa shape index (κ2) is 14.4. The minimum Gasteiger partial charge on any atom is -0.397 e. The van der Waals surface area contributed by atoms with Crippen LogP contribution in [0.2, 0.25) is 5.02 Å². The molecule has 4 aliphatic rings. The smallest absolute Gasteiger partial charge is 0.323 e. The lowest BCUT2D eigenvalue weighted by Crippen LogP contribution is -2.57. The van der Waals surface area contributed by atoms with Crippen molar-refractivity contribution in [2.75, 3.05) is 70.5 Å². The zero-order valence-electron chi connectivity index (χ0n) is 27.0. The first-order valence-corrected chi connectivity index (χ1v) is 17.9. The molecule has 1 aromatic carbocycles. The molecule has 0 aliphatic carbocycles. The number of rotatable bonds is 6. The summed E-state index contributed by atoms with van der Waals surface area (Å²) in [5.41, 5.74) is 9.47. The molecule has 3 fully saturated rings. The second-order valence-electron chi connectivity index (χ2n) is 13.3. The normalized spacial score (nSPS) is 21.5. The van der Waals surface area contributed by atoms with Crippen LogP contribution in [0.3, 0.4) is 0 Å². The molecule has 0 unspecified atom stereocenters. The number of hydrogen-bond donors (Lipinski definition) is 3. The van der Waals surface area contributed by atoms with Gasteiger partial charge >= 0.3 is 12.1 Å². The van der Waals surface area contributed by atoms with Gasteiger partial charge in [-0.25, -0.2) is 9.59 Å². The Kier molecular flexibility index (Phi) is 10.3. The number of benzene rings is 1. The van der Waals surface area contributed by atoms with Gasteiger partial charge in [0, 0.05) is 63.3 Å². The number of hydrogen-bond acceptors (Lipinski definition) is 7. The van der Waals surface area contributed by atoms with Crippen molar-refractivity contribution in [2.24, 2.45) is 0 Å². The van der Waals surface area contributed by atoms with Gasteiger partial charge in [0.05, 0.1) is 17.3 Å². The van der Waals surface area contributed by atoms with Gasteiger partial charge in [-0.2, -0.15) is 0 Å². The Hall–Kier alpha value is -3.06. The van der Waals surface area contributed by atoms with Gasteiger partial charge in [-0.3, -0.25) is 15.0 Å². The van der Waals surface area contributed by atoms with Gasteiger partial charge in [0.15, 0.2) is 0 Å². The molecule has 13 heteroatoms. The minimum atomic E-state index is -0.724. The van der Waals surface area contributed by atoms with E-state index in [1.807, 2.05) is 28.2 Å². The molecule has 5 amide bonds. The number of piperidine rings is 2. The van der Waals surface area contributed by atoms with Gasteiger partial charge in [-0.1, -0.05) is 17.7 Å². The molecule has 46 heavy (non-hydrogen) atoms. The average molecular weight is 671 g/mol. The van der Waals surface area contributed by atoms with Crippen LogP contribution >= 0.6 is 22.9 Å². The van der Waals surface area contributed by atoms with Crippen LogP contribution in [-0.2, 0) is 17.8 Å². The highest BCUT2D eigenvalue weighted by Crippen LogP contribution is 2.32. The van der Waals surface area contributed by atoms with E-state index in [1.54, 1.807) is 22.3 Å². The third-order valence-corrected chi connectivity index (χ3v) is 11.4. The van der Waals surface area contributed by atoms with Crippen LogP contribution in [0, 0.1) is 6.92 Å². The maximum atomic E-state index is 14.1. The lowest BCUT2D eigenvalue weighted by molar-refractivity contribution is -0.134. The fourth-order valence-corrected chi connectivity index (χ4v) is 8.48. The first-order chi connectivity index (χ1) is 22.2. The maximum Gasteiger partial charge on any atom is 0.323 e. The fraction of sp³-hybridized carbons (Fsp3) is 0.606. The lowest BCUT2D eigenvalue weighted by Gasteiger charge is -2.41. The number of nitrogens with one attached hydrogen (secondary N) is 2. The molecule has 6 rings (SSSR count). The first-order valence-electron chi connectivity index (χ1n) is 16.6. The standard InChI is InChI=1S/C33H47ClN8O3S/c1-22-18-23(19-27(34)29(22)35)20-28(31(43)40-11-4-25(5-12-40)39-10-3-9-38(2)15-16-39)36-32(44)41-13-6-26(7-14-41)42-21-24-8-17-46-30(24)37-33(42)45/h8,17-19,25-26,28H,3-7,9-16,20-21,35H2,1-2H3,(H,36,44)(H,37,45)/t28-/m1/s1. The summed E-state index contributed by atoms with van der Waals surface area (Å²) in [6.45, 7) is 9.26. The van der Waals surface area contributed by atoms with E-state index in [0.717, 1.165) is 60.7 Å². The van der Waals surface area contributed by atoms with Gasteiger partial charge in [-0.15, -0.1) is 11.3 Å². The Morgan fingerprint density at radius 1 is 1.02 bits per heavy atom. The van der Waals surface area contributed by atoms with Gasteiger partial charge in [0.1, 0.15) is 11.0 Å². The number of aryl methyl sites for hydroxylation is 1. The number of urea groups is 2.